The molecule has 0 saturated carbocycles. The number of hydroxylamine groups is 1. The lowest BCUT2D eigenvalue weighted by Crippen LogP contribution is -2.32. The van der Waals surface area contributed by atoms with Gasteiger partial charge in [-0.3, -0.25) is 9.59 Å². The number of alkyl halides is 6. The van der Waals surface area contributed by atoms with Gasteiger partial charge in [-0.15, -0.1) is 0 Å². The fourth-order valence-electron chi connectivity index (χ4n) is 5.30. The number of aryl methyl sites for hydroxylation is 1. The van der Waals surface area contributed by atoms with Gasteiger partial charge in [0.05, 0.1) is 11.1 Å². The van der Waals surface area contributed by atoms with Gasteiger partial charge in [-0.2, -0.15) is 26.3 Å². The summed E-state index contributed by atoms with van der Waals surface area (Å²) in [6.07, 6.45) is -0.936. The number of fused-ring (bicyclic) bond motifs is 1. The number of hydrogen-bond donors (Lipinski definition) is 1. The monoisotopic (exact) mass is 645 g/mol. The minimum atomic E-state index is -4.96. The van der Waals surface area contributed by atoms with Crippen molar-refractivity contribution in [1.29, 1.82) is 0 Å². The molecule has 1 aliphatic heterocycles. The first-order valence-corrected chi connectivity index (χ1v) is 14.6. The fraction of sp³-hybridized carbons (Fsp3) is 0.353. The molecule has 3 aliphatic rings. The van der Waals surface area contributed by atoms with Crippen LogP contribution < -0.4 is 10.2 Å². The maximum absolute atomic E-state index is 13.3. The van der Waals surface area contributed by atoms with Gasteiger partial charge in [-0.1, -0.05) is 11.5 Å². The highest BCUT2D eigenvalue weighted by Gasteiger charge is 2.37. The number of halogens is 6. The Morgan fingerprint density at radius 2 is 1.74 bits per heavy atom. The van der Waals surface area contributed by atoms with Gasteiger partial charge in [0.1, 0.15) is 12.4 Å². The maximum Gasteiger partial charge on any atom is 0.416 e. The zero-order valence-electron chi connectivity index (χ0n) is 24.4. The van der Waals surface area contributed by atoms with Crippen LogP contribution in [0.5, 0.6) is 5.75 Å². The molecule has 6 nitrogen and oxygen atoms in total. The lowest BCUT2D eigenvalue weighted by Gasteiger charge is -2.24. The highest BCUT2D eigenvalue weighted by atomic mass is 19.4. The number of hydrogen-bond acceptors (Lipinski definition) is 5. The van der Waals surface area contributed by atoms with Gasteiger partial charge in [0.2, 0.25) is 0 Å². The third-order valence-corrected chi connectivity index (χ3v) is 7.67. The number of rotatable bonds is 9. The largest absolute Gasteiger partial charge is 0.488 e. The minimum absolute atomic E-state index is 0.0798. The number of allylic oxidation sites excluding steroid dienone is 3. The number of ketones is 1. The van der Waals surface area contributed by atoms with Crippen LogP contribution in [0.2, 0.25) is 0 Å². The predicted molar refractivity (Wildman–Crippen MR) is 153 cm³/mol. The van der Waals surface area contributed by atoms with Crippen molar-refractivity contribution < 1.29 is 50.2 Å². The predicted octanol–water partition coefficient (Wildman–Crippen LogP) is 7.40. The Labute approximate surface area is 260 Å². The van der Waals surface area contributed by atoms with Crippen molar-refractivity contribution >= 4 is 11.7 Å². The van der Waals surface area contributed by atoms with Gasteiger partial charge in [0, 0.05) is 41.7 Å². The van der Waals surface area contributed by atoms with Crippen molar-refractivity contribution in [3.63, 3.8) is 0 Å². The normalized spacial score (nSPS) is 19.9. The Morgan fingerprint density at radius 1 is 0.978 bits per heavy atom. The van der Waals surface area contributed by atoms with Crippen LogP contribution in [0.25, 0.3) is 0 Å². The number of amides is 1. The molecule has 5 rings (SSSR count). The molecule has 1 saturated heterocycles. The van der Waals surface area contributed by atoms with Crippen molar-refractivity contribution in [3.8, 4) is 5.75 Å². The van der Waals surface area contributed by atoms with E-state index in [0.29, 0.717) is 59.6 Å². The first-order valence-electron chi connectivity index (χ1n) is 14.6. The number of benzene rings is 2. The molecule has 0 aromatic heterocycles. The Hall–Kier alpha value is -4.34. The molecule has 12 heteroatoms. The average molecular weight is 646 g/mol. The number of nitrogens with one attached hydrogen (secondary N) is 1. The Kier molecular flexibility index (Phi) is 10.0. The molecule has 1 fully saturated rings. The van der Waals surface area contributed by atoms with Crippen LogP contribution in [0.4, 0.5) is 26.3 Å². The zero-order valence-corrected chi connectivity index (χ0v) is 24.4. The molecule has 2 unspecified atom stereocenters. The third-order valence-electron chi connectivity index (χ3n) is 7.67. The van der Waals surface area contributed by atoms with E-state index < -0.39 is 41.6 Å². The van der Waals surface area contributed by atoms with Crippen LogP contribution in [0.15, 0.2) is 83.3 Å². The zero-order chi connectivity index (χ0) is 32.9. The molecule has 2 aromatic rings. The van der Waals surface area contributed by atoms with Crippen molar-refractivity contribution in [2.45, 2.75) is 57.2 Å². The van der Waals surface area contributed by atoms with Gasteiger partial charge < -0.3 is 9.47 Å². The molecule has 242 valence electrons. The Morgan fingerprint density at radius 3 is 2.39 bits per heavy atom. The van der Waals surface area contributed by atoms with E-state index in [1.165, 1.54) is 6.08 Å². The number of ether oxygens (including phenoxy) is 2. The summed E-state index contributed by atoms with van der Waals surface area (Å²) in [4.78, 5) is 30.4. The van der Waals surface area contributed by atoms with Crippen LogP contribution in [0.1, 0.15) is 58.3 Å². The topological polar surface area (TPSA) is 73.9 Å². The van der Waals surface area contributed by atoms with E-state index in [-0.39, 0.29) is 36.9 Å². The van der Waals surface area contributed by atoms with E-state index in [0.717, 1.165) is 12.8 Å². The Balaban J connectivity index is 1.18. The second kappa shape index (κ2) is 14.0. The van der Waals surface area contributed by atoms with Crippen molar-refractivity contribution in [3.05, 3.63) is 111 Å². The third kappa shape index (κ3) is 8.68. The van der Waals surface area contributed by atoms with Crippen molar-refractivity contribution in [2.75, 3.05) is 13.2 Å². The lowest BCUT2D eigenvalue weighted by atomic mass is 9.79. The van der Waals surface area contributed by atoms with E-state index in [2.05, 4.69) is 16.9 Å². The summed E-state index contributed by atoms with van der Waals surface area (Å²) in [6.45, 7) is 0.738. The van der Waals surface area contributed by atoms with Gasteiger partial charge >= 0.3 is 12.4 Å². The summed E-state index contributed by atoms with van der Waals surface area (Å²) >= 11 is 0. The molecule has 0 radical (unpaired) electrons. The van der Waals surface area contributed by atoms with Crippen LogP contribution in [0, 0.1) is 5.92 Å². The summed E-state index contributed by atoms with van der Waals surface area (Å²) in [7, 11) is 0. The standard InChI is InChI=1S/C34H29F6NO5/c35-33(36,37)26-16-23(17-27(19-26)34(38,39)40)15-25-10-9-24-18-28(11-12-29(24)32(25)43)45-20-22-6-4-21(5-7-22)8-13-30(42)41-46-31-3-1-2-14-44-31/h4,6,8,11-13,16-19,25,31H,1-3,9-10,14-15,20H2,(H,41,42)/b13-8+. The quantitative estimate of drug-likeness (QED) is 0.133. The molecule has 2 aromatic carbocycles. The molecule has 0 bridgehead atoms. The van der Waals surface area contributed by atoms with Crippen molar-refractivity contribution in [2.24, 2.45) is 5.92 Å². The lowest BCUT2D eigenvalue weighted by molar-refractivity contribution is -0.198. The summed E-state index contributed by atoms with van der Waals surface area (Å²) in [5.74, 6) is -1.06. The van der Waals surface area contributed by atoms with Crippen LogP contribution in [-0.4, -0.2) is 31.2 Å². The molecule has 2 atom stereocenters. The number of carbonyl (C=O) groups is 2. The highest BCUT2D eigenvalue weighted by molar-refractivity contribution is 6.00. The van der Waals surface area contributed by atoms with Gasteiger partial charge in [0.15, 0.2) is 12.1 Å². The van der Waals surface area contributed by atoms with Crippen LogP contribution in [-0.2, 0) is 39.6 Å². The van der Waals surface area contributed by atoms with E-state index in [9.17, 15) is 35.9 Å². The molecular formula is C34H29F6NO5. The summed E-state index contributed by atoms with van der Waals surface area (Å²) < 4.78 is 90.9. The number of carbonyl (C=O) groups excluding carboxylic acids is 2. The minimum Gasteiger partial charge on any atom is -0.488 e. The van der Waals surface area contributed by atoms with Crippen molar-refractivity contribution in [1.82, 2.24) is 5.48 Å². The van der Waals surface area contributed by atoms with Gasteiger partial charge in [0.25, 0.3) is 5.91 Å². The molecule has 46 heavy (non-hydrogen) atoms. The average Bonchev–Trinajstić information content (AvgIpc) is 3.03. The van der Waals surface area contributed by atoms with Gasteiger partial charge in [-0.25, -0.2) is 10.3 Å². The van der Waals surface area contributed by atoms with E-state index in [1.54, 1.807) is 36.4 Å². The molecule has 0 spiro atoms. The molecule has 1 amide bonds. The molecule has 2 aliphatic carbocycles. The second-order valence-corrected chi connectivity index (χ2v) is 11.1. The summed E-state index contributed by atoms with van der Waals surface area (Å²) in [5, 5.41) is 0. The molecule has 1 heterocycles. The second-order valence-electron chi connectivity index (χ2n) is 11.1. The SMILES string of the molecule is O=C(/C=C/C1=C=C=C(COc2ccc3c(c2)CCC(Cc2cc(C(F)(F)F)cc(C(F)(F)F)c2)C3=O)C=C1)NOC1CCCCO1. The Bertz CT molecular complexity index is 1620. The first-order chi connectivity index (χ1) is 21.8. The van der Waals surface area contributed by atoms with E-state index >= 15 is 0 Å². The molecule has 1 N–H and O–H groups in total. The summed E-state index contributed by atoms with van der Waals surface area (Å²) in [6, 6.07) is 6.28. The van der Waals surface area contributed by atoms with Gasteiger partial charge in [-0.05, 0) is 97.9 Å². The van der Waals surface area contributed by atoms with E-state index in [4.69, 9.17) is 14.3 Å². The van der Waals surface area contributed by atoms with Crippen LogP contribution >= 0.6 is 0 Å². The van der Waals surface area contributed by atoms with Crippen LogP contribution in [0.3, 0.4) is 0 Å². The fourth-order valence-corrected chi connectivity index (χ4v) is 5.30. The summed E-state index contributed by atoms with van der Waals surface area (Å²) in [5.41, 5.74) is 7.56. The number of Topliss-reactive ketones (excluding diaryl/α,β-unsaturated/α-hetero) is 1. The smallest absolute Gasteiger partial charge is 0.416 e. The molecular weight excluding hydrogens is 616 g/mol. The highest BCUT2D eigenvalue weighted by Crippen LogP contribution is 2.38. The first kappa shape index (κ1) is 33.0. The van der Waals surface area contributed by atoms with E-state index in [1.807, 2.05) is 0 Å². The maximum atomic E-state index is 13.3.